The fraction of sp³-hybridized carbons (Fsp3) is 0.214. The summed E-state index contributed by atoms with van der Waals surface area (Å²) >= 11 is 11.7. The number of hydrogen-bond donors (Lipinski definition) is 0. The molecule has 0 aliphatic rings. The molecule has 0 atom stereocenters. The van der Waals surface area contributed by atoms with Crippen LogP contribution in [0.5, 0.6) is 0 Å². The van der Waals surface area contributed by atoms with Crippen molar-refractivity contribution < 1.29 is 22.4 Å². The second kappa shape index (κ2) is 6.92. The van der Waals surface area contributed by atoms with E-state index < -0.39 is 16.0 Å². The summed E-state index contributed by atoms with van der Waals surface area (Å²) in [5, 5.41) is 0.322. The van der Waals surface area contributed by atoms with Crippen molar-refractivity contribution in [3.63, 3.8) is 0 Å². The highest BCUT2D eigenvalue weighted by Crippen LogP contribution is 2.22. The highest BCUT2D eigenvalue weighted by Gasteiger charge is 2.22. The van der Waals surface area contributed by atoms with Crippen molar-refractivity contribution in [1.29, 1.82) is 0 Å². The smallest absolute Gasteiger partial charge is 0.340 e. The molecule has 23 heavy (non-hydrogen) atoms. The third kappa shape index (κ3) is 4.06. The first-order chi connectivity index (χ1) is 10.7. The van der Waals surface area contributed by atoms with Crippen LogP contribution >= 0.6 is 23.2 Å². The molecule has 9 heteroatoms. The number of sulfonamides is 1. The Kier molecular flexibility index (Phi) is 5.36. The Balaban J connectivity index is 2.09. The van der Waals surface area contributed by atoms with Gasteiger partial charge < -0.3 is 9.15 Å². The Labute approximate surface area is 143 Å². The molecule has 0 N–H and O–H groups in total. The van der Waals surface area contributed by atoms with E-state index in [4.69, 9.17) is 32.4 Å². The fourth-order valence-electron chi connectivity index (χ4n) is 1.62. The van der Waals surface area contributed by atoms with Gasteiger partial charge in [-0.25, -0.2) is 17.5 Å². The average Bonchev–Trinajstić information content (AvgIpc) is 2.96. The summed E-state index contributed by atoms with van der Waals surface area (Å²) in [5.41, 5.74) is 0.117. The fourth-order valence-corrected chi connectivity index (χ4v) is 2.80. The zero-order chi connectivity index (χ0) is 17.2. The predicted octanol–water partition coefficient (Wildman–Crippen LogP) is 3.19. The standard InChI is InChI=1S/C14H13Cl2NO5S/c1-17(2)23(19,20)13-6-4-10(22-13)8-21-14(18)11-7-9(15)3-5-12(11)16/h3-7H,8H2,1-2H3. The number of carbonyl (C=O) groups is 1. The highest BCUT2D eigenvalue weighted by atomic mass is 35.5. The first-order valence-corrected chi connectivity index (χ1v) is 8.55. The molecule has 0 saturated carbocycles. The van der Waals surface area contributed by atoms with Crippen LogP contribution in [0.2, 0.25) is 10.0 Å². The van der Waals surface area contributed by atoms with Crippen LogP contribution in [0.15, 0.2) is 39.8 Å². The third-order valence-corrected chi connectivity index (χ3v) is 5.12. The van der Waals surface area contributed by atoms with E-state index in [1.54, 1.807) is 6.07 Å². The van der Waals surface area contributed by atoms with Crippen LogP contribution in [0.25, 0.3) is 0 Å². The molecule has 124 valence electrons. The van der Waals surface area contributed by atoms with E-state index in [9.17, 15) is 13.2 Å². The number of benzene rings is 1. The molecular weight excluding hydrogens is 365 g/mol. The Bertz CT molecular complexity index is 829. The van der Waals surface area contributed by atoms with Crippen molar-refractivity contribution in [3.05, 3.63) is 51.7 Å². The maximum atomic E-state index is 12.0. The lowest BCUT2D eigenvalue weighted by atomic mass is 10.2. The summed E-state index contributed by atoms with van der Waals surface area (Å²) in [5.74, 6) is -0.497. The number of esters is 1. The molecule has 0 unspecified atom stereocenters. The molecule has 0 aliphatic heterocycles. The van der Waals surface area contributed by atoms with E-state index in [0.717, 1.165) is 4.31 Å². The van der Waals surface area contributed by atoms with Gasteiger partial charge in [-0.3, -0.25) is 0 Å². The van der Waals surface area contributed by atoms with Gasteiger partial charge in [0, 0.05) is 19.1 Å². The Hall–Kier alpha value is -1.54. The molecule has 1 aromatic carbocycles. The van der Waals surface area contributed by atoms with Crippen LogP contribution in [-0.2, 0) is 21.4 Å². The second-order valence-corrected chi connectivity index (χ2v) is 7.63. The average molecular weight is 378 g/mol. The molecule has 0 saturated heterocycles. The van der Waals surface area contributed by atoms with E-state index in [2.05, 4.69) is 0 Å². The first-order valence-electron chi connectivity index (χ1n) is 6.35. The minimum atomic E-state index is -3.67. The lowest BCUT2D eigenvalue weighted by molar-refractivity contribution is 0.0441. The molecule has 1 heterocycles. The van der Waals surface area contributed by atoms with Gasteiger partial charge in [0.1, 0.15) is 12.4 Å². The molecule has 0 fully saturated rings. The quantitative estimate of drug-likeness (QED) is 0.747. The van der Waals surface area contributed by atoms with Gasteiger partial charge >= 0.3 is 5.97 Å². The summed E-state index contributed by atoms with van der Waals surface area (Å²) in [6.45, 7) is -0.232. The SMILES string of the molecule is CN(C)S(=O)(=O)c1ccc(COC(=O)c2cc(Cl)ccc2Cl)o1. The van der Waals surface area contributed by atoms with Crippen molar-refractivity contribution in [2.75, 3.05) is 14.1 Å². The monoisotopic (exact) mass is 377 g/mol. The van der Waals surface area contributed by atoms with E-state index in [0.29, 0.717) is 5.02 Å². The minimum Gasteiger partial charge on any atom is -0.454 e. The molecule has 6 nitrogen and oxygen atoms in total. The number of carbonyl (C=O) groups excluding carboxylic acids is 1. The maximum absolute atomic E-state index is 12.0. The summed E-state index contributed by atoms with van der Waals surface area (Å²) in [7, 11) is -0.896. The van der Waals surface area contributed by atoms with Gasteiger partial charge in [-0.15, -0.1) is 0 Å². The lowest BCUT2D eigenvalue weighted by Crippen LogP contribution is -2.21. The van der Waals surface area contributed by atoms with E-state index in [1.807, 2.05) is 0 Å². The lowest BCUT2D eigenvalue weighted by Gasteiger charge is -2.08. The molecule has 2 aromatic rings. The van der Waals surface area contributed by atoms with E-state index in [1.165, 1.54) is 38.4 Å². The van der Waals surface area contributed by atoms with Crippen molar-refractivity contribution in [3.8, 4) is 0 Å². The number of rotatable bonds is 5. The number of ether oxygens (including phenoxy) is 1. The predicted molar refractivity (Wildman–Crippen MR) is 85.2 cm³/mol. The van der Waals surface area contributed by atoms with Gasteiger partial charge in [0.05, 0.1) is 10.6 Å². The number of hydrogen-bond acceptors (Lipinski definition) is 5. The van der Waals surface area contributed by atoms with Crippen molar-refractivity contribution in [2.45, 2.75) is 11.7 Å². The molecule has 0 aliphatic carbocycles. The first kappa shape index (κ1) is 17.8. The summed E-state index contributed by atoms with van der Waals surface area (Å²) in [6.07, 6.45) is 0. The van der Waals surface area contributed by atoms with Crippen LogP contribution < -0.4 is 0 Å². The van der Waals surface area contributed by atoms with Gasteiger partial charge in [0.25, 0.3) is 10.0 Å². The van der Waals surface area contributed by atoms with Crippen molar-refractivity contribution >= 4 is 39.2 Å². The Morgan fingerprint density at radius 2 is 1.91 bits per heavy atom. The minimum absolute atomic E-state index is 0.117. The summed E-state index contributed by atoms with van der Waals surface area (Å²) in [6, 6.07) is 7.13. The van der Waals surface area contributed by atoms with Crippen LogP contribution in [0.1, 0.15) is 16.1 Å². The Morgan fingerprint density at radius 1 is 1.22 bits per heavy atom. The zero-order valence-electron chi connectivity index (χ0n) is 12.2. The zero-order valence-corrected chi connectivity index (χ0v) is 14.6. The Morgan fingerprint density at radius 3 is 2.57 bits per heavy atom. The van der Waals surface area contributed by atoms with Gasteiger partial charge in [-0.05, 0) is 30.3 Å². The molecule has 0 bridgehead atoms. The second-order valence-electron chi connectivity index (χ2n) is 4.71. The molecule has 2 rings (SSSR count). The van der Waals surface area contributed by atoms with Crippen LogP contribution in [-0.4, -0.2) is 32.8 Å². The third-order valence-electron chi connectivity index (χ3n) is 2.87. The maximum Gasteiger partial charge on any atom is 0.340 e. The highest BCUT2D eigenvalue weighted by molar-refractivity contribution is 7.88. The van der Waals surface area contributed by atoms with Crippen LogP contribution in [0, 0.1) is 0 Å². The molecule has 0 spiro atoms. The summed E-state index contributed by atoms with van der Waals surface area (Å²) < 4.78 is 35.0. The summed E-state index contributed by atoms with van der Waals surface area (Å²) in [4.78, 5) is 12.0. The van der Waals surface area contributed by atoms with Gasteiger partial charge in [0.15, 0.2) is 0 Å². The van der Waals surface area contributed by atoms with Gasteiger partial charge in [-0.1, -0.05) is 23.2 Å². The van der Waals surface area contributed by atoms with Crippen molar-refractivity contribution in [1.82, 2.24) is 4.31 Å². The molecule has 1 aromatic heterocycles. The molecule has 0 amide bonds. The normalized spacial score (nSPS) is 11.7. The van der Waals surface area contributed by atoms with Crippen molar-refractivity contribution in [2.24, 2.45) is 0 Å². The van der Waals surface area contributed by atoms with Crippen LogP contribution in [0.4, 0.5) is 0 Å². The largest absolute Gasteiger partial charge is 0.454 e. The van der Waals surface area contributed by atoms with Gasteiger partial charge in [0.2, 0.25) is 5.09 Å². The van der Waals surface area contributed by atoms with E-state index in [-0.39, 0.29) is 28.0 Å². The van der Waals surface area contributed by atoms with E-state index >= 15 is 0 Å². The van der Waals surface area contributed by atoms with Gasteiger partial charge in [-0.2, -0.15) is 0 Å². The number of halogens is 2. The number of furan rings is 1. The number of nitrogens with zero attached hydrogens (tertiary/aromatic N) is 1. The topological polar surface area (TPSA) is 76.8 Å². The molecular formula is C14H13Cl2NO5S. The van der Waals surface area contributed by atoms with Crippen LogP contribution in [0.3, 0.4) is 0 Å². The molecule has 0 radical (unpaired) electrons.